The third-order valence-corrected chi connectivity index (χ3v) is 12.5. The average molecular weight is 736 g/mol. The van der Waals surface area contributed by atoms with Crippen LogP contribution in [0.1, 0.15) is 0 Å². The van der Waals surface area contributed by atoms with Crippen LogP contribution < -0.4 is 0 Å². The molecule has 1 aliphatic rings. The predicted molar refractivity (Wildman–Crippen MR) is 243 cm³/mol. The maximum Gasteiger partial charge on any atom is 0.0781 e. The first-order valence-corrected chi connectivity index (χ1v) is 20.0. The zero-order valence-corrected chi connectivity index (χ0v) is 31.4. The van der Waals surface area contributed by atoms with Crippen molar-refractivity contribution >= 4 is 65.2 Å². The summed E-state index contributed by atoms with van der Waals surface area (Å²) in [5.74, 6) is 0. The fourth-order valence-corrected chi connectivity index (χ4v) is 10.0. The number of rotatable bonds is 4. The molecule has 3 heterocycles. The van der Waals surface area contributed by atoms with Gasteiger partial charge in [-0.25, -0.2) is 0 Å². The van der Waals surface area contributed by atoms with Gasteiger partial charge in [-0.1, -0.05) is 140 Å². The molecule has 0 atom stereocenters. The molecular weight excluding hydrogens is 703 g/mol. The average Bonchev–Trinajstić information content (AvgIpc) is 3.93. The van der Waals surface area contributed by atoms with E-state index in [0.29, 0.717) is 0 Å². The molecule has 268 valence electrons. The molecule has 0 unspecified atom stereocenters. The van der Waals surface area contributed by atoms with Crippen molar-refractivity contribution in [2.45, 2.75) is 0 Å². The molecule has 3 aromatic heterocycles. The van der Waals surface area contributed by atoms with E-state index in [1.54, 1.807) is 0 Å². The second-order valence-electron chi connectivity index (χ2n) is 15.5. The van der Waals surface area contributed by atoms with Gasteiger partial charge in [0.05, 0.1) is 27.8 Å². The van der Waals surface area contributed by atoms with E-state index < -0.39 is 0 Å². The number of benzene rings is 9. The van der Waals surface area contributed by atoms with Crippen molar-refractivity contribution in [1.82, 2.24) is 14.1 Å². The topological polar surface area (TPSA) is 22.8 Å². The van der Waals surface area contributed by atoms with E-state index in [1.165, 1.54) is 98.5 Å². The summed E-state index contributed by atoms with van der Waals surface area (Å²) in [6.07, 6.45) is 2.07. The van der Waals surface area contributed by atoms with Gasteiger partial charge >= 0.3 is 0 Å². The maximum atomic E-state index is 5.15. The van der Waals surface area contributed by atoms with E-state index in [4.69, 9.17) is 4.98 Å². The van der Waals surface area contributed by atoms with Crippen LogP contribution in [0.4, 0.5) is 0 Å². The van der Waals surface area contributed by atoms with Crippen LogP contribution in [0, 0.1) is 0 Å². The molecule has 0 N–H and O–H groups in total. The quantitative estimate of drug-likeness (QED) is 0.176. The molecule has 0 saturated carbocycles. The van der Waals surface area contributed by atoms with Gasteiger partial charge in [-0.15, -0.1) is 0 Å². The zero-order chi connectivity index (χ0) is 37.9. The number of aromatic nitrogens is 3. The highest BCUT2D eigenvalue weighted by atomic mass is 15.0. The Morgan fingerprint density at radius 1 is 0.293 bits per heavy atom. The SMILES string of the molecule is c1ccc(-n2c3ccccc3c3c4ccccc4c(-c4ccc5c(c4)c4ccccc4n5-c4cccc(-c5ncc6c7c(cccc57)-c5ccccc5-6)c4)cc32)cc1. The predicted octanol–water partition coefficient (Wildman–Crippen LogP) is 14.6. The van der Waals surface area contributed by atoms with Gasteiger partial charge in [-0.05, 0) is 93.2 Å². The lowest BCUT2D eigenvalue weighted by Gasteiger charge is -2.13. The van der Waals surface area contributed by atoms with E-state index in [2.05, 4.69) is 209 Å². The smallest absolute Gasteiger partial charge is 0.0781 e. The first-order valence-electron chi connectivity index (χ1n) is 20.0. The minimum atomic E-state index is 1.01. The normalized spacial score (nSPS) is 12.1. The lowest BCUT2D eigenvalue weighted by molar-refractivity contribution is 1.18. The highest BCUT2D eigenvalue weighted by Crippen LogP contribution is 2.49. The number of pyridine rings is 1. The van der Waals surface area contributed by atoms with Crippen molar-refractivity contribution in [1.29, 1.82) is 0 Å². The molecule has 3 nitrogen and oxygen atoms in total. The highest BCUT2D eigenvalue weighted by molar-refractivity contribution is 6.25. The van der Waals surface area contributed by atoms with Crippen molar-refractivity contribution < 1.29 is 0 Å². The summed E-state index contributed by atoms with van der Waals surface area (Å²) in [6.45, 7) is 0. The molecule has 58 heavy (non-hydrogen) atoms. The third kappa shape index (κ3) is 4.30. The standard InChI is InChI=1S/C55H33N3/c1-2-15-36(16-3-1)57-50-27-11-9-23-44(50)54-43-22-7-6-20-40(43)46(32-52(54)57)34-28-29-51-47(31-34)41-21-8-10-26-49(41)58(51)37-17-12-14-35(30-37)55-45-25-13-24-42-38-18-4-5-19-39(38)48(33-56-55)53(42)45/h1-33H. The van der Waals surface area contributed by atoms with Crippen molar-refractivity contribution in [3.8, 4) is 56.0 Å². The molecule has 12 aromatic rings. The Morgan fingerprint density at radius 3 is 1.74 bits per heavy atom. The molecule has 0 amide bonds. The Labute approximate surface area is 334 Å². The van der Waals surface area contributed by atoms with Gasteiger partial charge < -0.3 is 9.13 Å². The van der Waals surface area contributed by atoms with Crippen molar-refractivity contribution in [2.24, 2.45) is 0 Å². The minimum absolute atomic E-state index is 1.01. The second kappa shape index (κ2) is 11.9. The minimum Gasteiger partial charge on any atom is -0.309 e. The molecule has 0 fully saturated rings. The Morgan fingerprint density at radius 2 is 0.897 bits per heavy atom. The van der Waals surface area contributed by atoms with Crippen molar-refractivity contribution in [3.63, 3.8) is 0 Å². The lowest BCUT2D eigenvalue weighted by atomic mass is 9.94. The molecule has 0 saturated heterocycles. The largest absolute Gasteiger partial charge is 0.309 e. The van der Waals surface area contributed by atoms with Gasteiger partial charge in [0, 0.05) is 61.0 Å². The molecule has 0 spiro atoms. The van der Waals surface area contributed by atoms with Gasteiger partial charge in [0.15, 0.2) is 0 Å². The number of nitrogens with zero attached hydrogens (tertiary/aromatic N) is 3. The van der Waals surface area contributed by atoms with Gasteiger partial charge in [0.2, 0.25) is 0 Å². The fourth-order valence-electron chi connectivity index (χ4n) is 10.0. The Kier molecular flexibility index (Phi) is 6.44. The maximum absolute atomic E-state index is 5.15. The number of fused-ring (bicyclic) bond motifs is 11. The molecule has 0 bridgehead atoms. The van der Waals surface area contributed by atoms with Crippen LogP contribution in [0.5, 0.6) is 0 Å². The molecule has 9 aromatic carbocycles. The zero-order valence-electron chi connectivity index (χ0n) is 31.4. The van der Waals surface area contributed by atoms with E-state index in [1.807, 2.05) is 0 Å². The number of para-hydroxylation sites is 3. The summed E-state index contributed by atoms with van der Waals surface area (Å²) >= 11 is 0. The third-order valence-electron chi connectivity index (χ3n) is 12.5. The van der Waals surface area contributed by atoms with Gasteiger partial charge in [-0.3, -0.25) is 4.98 Å². The van der Waals surface area contributed by atoms with Crippen LogP contribution >= 0.6 is 0 Å². The van der Waals surface area contributed by atoms with E-state index in [0.717, 1.165) is 22.6 Å². The number of hydrogen-bond donors (Lipinski definition) is 0. The van der Waals surface area contributed by atoms with Crippen molar-refractivity contribution in [2.75, 3.05) is 0 Å². The summed E-state index contributed by atoms with van der Waals surface area (Å²) in [5.41, 5.74) is 16.6. The Bertz CT molecular complexity index is 3650. The van der Waals surface area contributed by atoms with Crippen LogP contribution in [0.25, 0.3) is 121 Å². The molecule has 13 rings (SSSR count). The molecule has 0 radical (unpaired) electrons. The van der Waals surface area contributed by atoms with Gasteiger partial charge in [0.25, 0.3) is 0 Å². The second-order valence-corrected chi connectivity index (χ2v) is 15.5. The van der Waals surface area contributed by atoms with Crippen molar-refractivity contribution in [3.05, 3.63) is 200 Å². The summed E-state index contributed by atoms with van der Waals surface area (Å²) in [7, 11) is 0. The summed E-state index contributed by atoms with van der Waals surface area (Å²) in [6, 6.07) is 71.0. The summed E-state index contributed by atoms with van der Waals surface area (Å²) in [5, 5.41) is 10.0. The van der Waals surface area contributed by atoms with Gasteiger partial charge in [-0.2, -0.15) is 0 Å². The van der Waals surface area contributed by atoms with Crippen LogP contribution in [-0.2, 0) is 0 Å². The first kappa shape index (κ1) is 31.5. The highest BCUT2D eigenvalue weighted by Gasteiger charge is 2.24. The Hall–Kier alpha value is -7.75. The molecule has 1 aliphatic carbocycles. The van der Waals surface area contributed by atoms with Crippen LogP contribution in [0.15, 0.2) is 200 Å². The van der Waals surface area contributed by atoms with Crippen LogP contribution in [-0.4, -0.2) is 14.1 Å². The van der Waals surface area contributed by atoms with Crippen LogP contribution in [0.2, 0.25) is 0 Å². The first-order chi connectivity index (χ1) is 28.8. The molecule has 0 aliphatic heterocycles. The van der Waals surface area contributed by atoms with E-state index in [9.17, 15) is 0 Å². The molecule has 3 heteroatoms. The summed E-state index contributed by atoms with van der Waals surface area (Å²) in [4.78, 5) is 5.15. The van der Waals surface area contributed by atoms with Crippen LogP contribution in [0.3, 0.4) is 0 Å². The van der Waals surface area contributed by atoms with E-state index >= 15 is 0 Å². The van der Waals surface area contributed by atoms with E-state index in [-0.39, 0.29) is 0 Å². The van der Waals surface area contributed by atoms with Gasteiger partial charge in [0.1, 0.15) is 0 Å². The monoisotopic (exact) mass is 735 g/mol. The fraction of sp³-hybridized carbons (Fsp3) is 0. The summed E-state index contributed by atoms with van der Waals surface area (Å²) < 4.78 is 4.84. The lowest BCUT2D eigenvalue weighted by Crippen LogP contribution is -1.95. The number of hydrogen-bond acceptors (Lipinski definition) is 1. The Balaban J connectivity index is 1.01. The molecular formula is C55H33N3.